The molecule has 0 amide bonds. The molecule has 0 saturated heterocycles. The molecule has 1 aliphatic rings. The van der Waals surface area contributed by atoms with Gasteiger partial charge in [0.2, 0.25) is 5.95 Å². The average molecular weight is 221 g/mol. The van der Waals surface area contributed by atoms with Gasteiger partial charge in [0.05, 0.1) is 0 Å². The molecule has 1 aliphatic carbocycles. The molecular weight excluding hydrogens is 202 g/mol. The van der Waals surface area contributed by atoms with Gasteiger partial charge in [-0.05, 0) is 30.7 Å². The molecule has 1 aromatic rings. The van der Waals surface area contributed by atoms with Crippen LogP contribution in [0, 0.1) is 5.41 Å². The zero-order chi connectivity index (χ0) is 11.4. The maximum Gasteiger partial charge on any atom is 0.239 e. The Bertz CT molecular complexity index is 348. The molecule has 0 aliphatic heterocycles. The van der Waals surface area contributed by atoms with Crippen molar-refractivity contribution < 1.29 is 0 Å². The van der Waals surface area contributed by atoms with Gasteiger partial charge in [0, 0.05) is 12.7 Å². The highest BCUT2D eigenvalue weighted by Gasteiger charge is 2.41. The molecule has 0 bridgehead atoms. The molecule has 5 heteroatoms. The van der Waals surface area contributed by atoms with Gasteiger partial charge in [-0.25, -0.2) is 10.8 Å². The van der Waals surface area contributed by atoms with E-state index in [1.165, 1.54) is 25.7 Å². The van der Waals surface area contributed by atoms with Crippen LogP contribution >= 0.6 is 0 Å². The highest BCUT2D eigenvalue weighted by atomic mass is 15.3. The van der Waals surface area contributed by atoms with E-state index < -0.39 is 0 Å². The van der Waals surface area contributed by atoms with Crippen LogP contribution in [0.5, 0.6) is 0 Å². The second-order valence-corrected chi connectivity index (χ2v) is 4.51. The Labute approximate surface area is 95.8 Å². The number of rotatable bonds is 6. The SMILES string of the molecule is CCCC1(CNc2ccnc(NN)n2)CC1. The third kappa shape index (κ3) is 2.61. The normalized spacial score (nSPS) is 16.9. The summed E-state index contributed by atoms with van der Waals surface area (Å²) in [5, 5.41) is 3.36. The molecule has 1 fully saturated rings. The molecule has 0 unspecified atom stereocenters. The third-order valence-electron chi connectivity index (χ3n) is 3.17. The number of anilines is 2. The van der Waals surface area contributed by atoms with Crippen molar-refractivity contribution in [3.05, 3.63) is 12.3 Å². The predicted molar refractivity (Wildman–Crippen MR) is 64.9 cm³/mol. The summed E-state index contributed by atoms with van der Waals surface area (Å²) in [4.78, 5) is 8.19. The third-order valence-corrected chi connectivity index (χ3v) is 3.17. The minimum Gasteiger partial charge on any atom is -0.369 e. The van der Waals surface area contributed by atoms with Gasteiger partial charge in [0.25, 0.3) is 0 Å². The summed E-state index contributed by atoms with van der Waals surface area (Å²) in [6.45, 7) is 3.24. The number of hydrogen-bond donors (Lipinski definition) is 3. The van der Waals surface area contributed by atoms with Crippen molar-refractivity contribution in [1.82, 2.24) is 9.97 Å². The topological polar surface area (TPSA) is 75.9 Å². The monoisotopic (exact) mass is 221 g/mol. The Hall–Kier alpha value is -1.36. The van der Waals surface area contributed by atoms with E-state index in [0.717, 1.165) is 12.4 Å². The molecule has 16 heavy (non-hydrogen) atoms. The van der Waals surface area contributed by atoms with Crippen molar-refractivity contribution in [3.63, 3.8) is 0 Å². The zero-order valence-corrected chi connectivity index (χ0v) is 9.66. The van der Waals surface area contributed by atoms with Gasteiger partial charge in [-0.15, -0.1) is 0 Å². The first-order valence-corrected chi connectivity index (χ1v) is 5.81. The van der Waals surface area contributed by atoms with Crippen LogP contribution in [0.25, 0.3) is 0 Å². The van der Waals surface area contributed by atoms with Crippen LogP contribution in [-0.2, 0) is 0 Å². The van der Waals surface area contributed by atoms with Crippen molar-refractivity contribution in [2.45, 2.75) is 32.6 Å². The molecule has 88 valence electrons. The van der Waals surface area contributed by atoms with Gasteiger partial charge in [-0.3, -0.25) is 5.43 Å². The Kier molecular flexibility index (Phi) is 3.24. The highest BCUT2D eigenvalue weighted by Crippen LogP contribution is 2.49. The smallest absolute Gasteiger partial charge is 0.239 e. The zero-order valence-electron chi connectivity index (χ0n) is 9.66. The minimum atomic E-state index is 0.449. The second-order valence-electron chi connectivity index (χ2n) is 4.51. The lowest BCUT2D eigenvalue weighted by molar-refractivity contribution is 0.485. The van der Waals surface area contributed by atoms with Gasteiger partial charge in [-0.1, -0.05) is 13.3 Å². The number of nitrogens with zero attached hydrogens (tertiary/aromatic N) is 2. The maximum absolute atomic E-state index is 5.26. The quantitative estimate of drug-likeness (QED) is 0.504. The molecule has 2 rings (SSSR count). The first-order chi connectivity index (χ1) is 7.78. The summed E-state index contributed by atoms with van der Waals surface area (Å²) in [6.07, 6.45) is 6.92. The van der Waals surface area contributed by atoms with E-state index in [1.54, 1.807) is 6.20 Å². The van der Waals surface area contributed by atoms with Gasteiger partial charge >= 0.3 is 0 Å². The van der Waals surface area contributed by atoms with Crippen molar-refractivity contribution in [2.75, 3.05) is 17.3 Å². The van der Waals surface area contributed by atoms with E-state index in [0.29, 0.717) is 11.4 Å². The molecular formula is C11H19N5. The number of nitrogens with one attached hydrogen (secondary N) is 2. The lowest BCUT2D eigenvalue weighted by Crippen LogP contribution is -2.17. The summed E-state index contributed by atoms with van der Waals surface area (Å²) in [7, 11) is 0. The fourth-order valence-electron chi connectivity index (χ4n) is 2.03. The molecule has 4 N–H and O–H groups in total. The number of nitrogen functional groups attached to an aromatic ring is 1. The van der Waals surface area contributed by atoms with Crippen molar-refractivity contribution in [1.29, 1.82) is 0 Å². The van der Waals surface area contributed by atoms with Gasteiger partial charge < -0.3 is 5.32 Å². The first-order valence-electron chi connectivity index (χ1n) is 5.81. The van der Waals surface area contributed by atoms with Crippen LogP contribution in [0.3, 0.4) is 0 Å². The highest BCUT2D eigenvalue weighted by molar-refractivity contribution is 5.39. The molecule has 0 aromatic carbocycles. The van der Waals surface area contributed by atoms with Crippen LogP contribution in [0.15, 0.2) is 12.3 Å². The molecule has 1 saturated carbocycles. The summed E-state index contributed by atoms with van der Waals surface area (Å²) in [6, 6.07) is 1.86. The fraction of sp³-hybridized carbons (Fsp3) is 0.636. The molecule has 0 radical (unpaired) electrons. The van der Waals surface area contributed by atoms with E-state index in [4.69, 9.17) is 5.84 Å². The second kappa shape index (κ2) is 4.65. The predicted octanol–water partition coefficient (Wildman–Crippen LogP) is 1.75. The lowest BCUT2D eigenvalue weighted by Gasteiger charge is -2.15. The summed E-state index contributed by atoms with van der Waals surface area (Å²) < 4.78 is 0. The molecule has 1 aromatic heterocycles. The van der Waals surface area contributed by atoms with Crippen LogP contribution in [0.2, 0.25) is 0 Å². The van der Waals surface area contributed by atoms with Gasteiger partial charge in [0.15, 0.2) is 0 Å². The standard InChI is InChI=1S/C11H19N5/c1-2-4-11(5-6-11)8-14-9-3-7-13-10(15-9)16-12/h3,7H,2,4-6,8,12H2,1H3,(H2,13,14,15,16). The maximum atomic E-state index is 5.26. The molecule has 0 spiro atoms. The van der Waals surface area contributed by atoms with Crippen molar-refractivity contribution in [3.8, 4) is 0 Å². The fourth-order valence-corrected chi connectivity index (χ4v) is 2.03. The lowest BCUT2D eigenvalue weighted by atomic mass is 10.0. The Morgan fingerprint density at radius 3 is 2.94 bits per heavy atom. The van der Waals surface area contributed by atoms with E-state index in [9.17, 15) is 0 Å². The Morgan fingerprint density at radius 2 is 2.31 bits per heavy atom. The van der Waals surface area contributed by atoms with Crippen LogP contribution < -0.4 is 16.6 Å². The average Bonchev–Trinajstić information content (AvgIpc) is 3.08. The summed E-state index contributed by atoms with van der Waals surface area (Å²) in [5.74, 6) is 6.55. The Balaban J connectivity index is 1.89. The van der Waals surface area contributed by atoms with E-state index in [-0.39, 0.29) is 0 Å². The van der Waals surface area contributed by atoms with Crippen LogP contribution in [0.4, 0.5) is 11.8 Å². The van der Waals surface area contributed by atoms with Gasteiger partial charge in [0.1, 0.15) is 5.82 Å². The van der Waals surface area contributed by atoms with Crippen molar-refractivity contribution >= 4 is 11.8 Å². The van der Waals surface area contributed by atoms with Crippen LogP contribution in [-0.4, -0.2) is 16.5 Å². The number of aromatic nitrogens is 2. The molecule has 1 heterocycles. The molecule has 5 nitrogen and oxygen atoms in total. The van der Waals surface area contributed by atoms with E-state index in [2.05, 4.69) is 27.6 Å². The number of hydrazine groups is 1. The van der Waals surface area contributed by atoms with Crippen molar-refractivity contribution in [2.24, 2.45) is 11.3 Å². The minimum absolute atomic E-state index is 0.449. The Morgan fingerprint density at radius 1 is 1.50 bits per heavy atom. The summed E-state index contributed by atoms with van der Waals surface area (Å²) in [5.41, 5.74) is 2.97. The van der Waals surface area contributed by atoms with Gasteiger partial charge in [-0.2, -0.15) is 4.98 Å². The summed E-state index contributed by atoms with van der Waals surface area (Å²) >= 11 is 0. The van der Waals surface area contributed by atoms with Crippen LogP contribution in [0.1, 0.15) is 32.6 Å². The van der Waals surface area contributed by atoms with E-state index in [1.807, 2.05) is 6.07 Å². The number of nitrogens with two attached hydrogens (primary N) is 1. The first kappa shape index (κ1) is 11.1. The molecule has 0 atom stereocenters. The largest absolute Gasteiger partial charge is 0.369 e. The van der Waals surface area contributed by atoms with E-state index >= 15 is 0 Å². The number of hydrogen-bond acceptors (Lipinski definition) is 5.